The van der Waals surface area contributed by atoms with Crippen molar-refractivity contribution in [3.05, 3.63) is 23.9 Å². The highest BCUT2D eigenvalue weighted by molar-refractivity contribution is 7.99. The molecular formula is C11H13NO3S. The molecule has 1 N–H and O–H groups in total. The van der Waals surface area contributed by atoms with E-state index in [9.17, 15) is 4.79 Å². The molecule has 0 aromatic carbocycles. The van der Waals surface area contributed by atoms with Gasteiger partial charge in [-0.15, -0.1) is 11.8 Å². The fourth-order valence-corrected chi connectivity index (χ4v) is 2.55. The van der Waals surface area contributed by atoms with E-state index in [0.29, 0.717) is 11.5 Å². The lowest BCUT2D eigenvalue weighted by Gasteiger charge is -2.06. The largest absolute Gasteiger partial charge is 0.478 e. The Labute approximate surface area is 98.0 Å². The number of carbonyl (C=O) groups is 1. The second-order valence-electron chi connectivity index (χ2n) is 3.73. The van der Waals surface area contributed by atoms with Crippen LogP contribution in [-0.2, 0) is 4.74 Å². The highest BCUT2D eigenvalue weighted by atomic mass is 32.2. The summed E-state index contributed by atoms with van der Waals surface area (Å²) in [7, 11) is 0. The smallest absolute Gasteiger partial charge is 0.335 e. The summed E-state index contributed by atoms with van der Waals surface area (Å²) in [6.07, 6.45) is 2.63. The van der Waals surface area contributed by atoms with Crippen molar-refractivity contribution in [1.29, 1.82) is 0 Å². The molecule has 1 unspecified atom stereocenters. The van der Waals surface area contributed by atoms with Crippen molar-refractivity contribution in [2.75, 3.05) is 19.0 Å². The third-order valence-electron chi connectivity index (χ3n) is 2.47. The number of rotatable bonds is 4. The summed E-state index contributed by atoms with van der Waals surface area (Å²) in [5, 5.41) is 9.60. The third-order valence-corrected chi connectivity index (χ3v) is 3.63. The fraction of sp³-hybridized carbons (Fsp3) is 0.455. The third kappa shape index (κ3) is 2.96. The molecule has 1 aliphatic heterocycles. The zero-order valence-electron chi connectivity index (χ0n) is 8.76. The van der Waals surface area contributed by atoms with Gasteiger partial charge in [-0.1, -0.05) is 0 Å². The lowest BCUT2D eigenvalue weighted by molar-refractivity contribution is 0.0696. The van der Waals surface area contributed by atoms with Crippen LogP contribution in [0.1, 0.15) is 16.8 Å². The Hall–Kier alpha value is -1.07. The highest BCUT2D eigenvalue weighted by Gasteiger charge is 2.16. The molecule has 1 aromatic rings. The van der Waals surface area contributed by atoms with Crippen LogP contribution < -0.4 is 0 Å². The van der Waals surface area contributed by atoms with E-state index in [1.54, 1.807) is 17.8 Å². The summed E-state index contributed by atoms with van der Waals surface area (Å²) in [5.41, 5.74) is 0.292. The summed E-state index contributed by atoms with van der Waals surface area (Å²) in [6.45, 7) is 1.65. The number of carboxylic acids is 1. The van der Waals surface area contributed by atoms with Crippen LogP contribution in [0.2, 0.25) is 0 Å². The first kappa shape index (κ1) is 11.4. The highest BCUT2D eigenvalue weighted by Crippen LogP contribution is 2.23. The van der Waals surface area contributed by atoms with E-state index in [-0.39, 0.29) is 0 Å². The molecule has 0 spiro atoms. The predicted octanol–water partition coefficient (Wildman–Crippen LogP) is 1.91. The summed E-state index contributed by atoms with van der Waals surface area (Å²) in [5.74, 6) is 0.601. The zero-order valence-corrected chi connectivity index (χ0v) is 9.57. The SMILES string of the molecule is O=C(O)c1ccnc(SCC2CCOC2)c1. The van der Waals surface area contributed by atoms with Crippen LogP contribution in [0.3, 0.4) is 0 Å². The van der Waals surface area contributed by atoms with Crippen LogP contribution >= 0.6 is 11.8 Å². The van der Waals surface area contributed by atoms with Crippen molar-refractivity contribution < 1.29 is 14.6 Å². The van der Waals surface area contributed by atoms with E-state index in [1.165, 1.54) is 12.3 Å². The van der Waals surface area contributed by atoms with Crippen molar-refractivity contribution in [2.45, 2.75) is 11.4 Å². The minimum atomic E-state index is -0.909. The number of hydrogen-bond donors (Lipinski definition) is 1. The maximum atomic E-state index is 10.8. The normalized spacial score (nSPS) is 19.9. The van der Waals surface area contributed by atoms with Crippen LogP contribution in [-0.4, -0.2) is 35.0 Å². The van der Waals surface area contributed by atoms with Gasteiger partial charge in [0.15, 0.2) is 0 Å². The molecule has 4 nitrogen and oxygen atoms in total. The maximum Gasteiger partial charge on any atom is 0.335 e. The topological polar surface area (TPSA) is 59.4 Å². The number of ether oxygens (including phenoxy) is 1. The Kier molecular flexibility index (Phi) is 3.79. The van der Waals surface area contributed by atoms with Crippen LogP contribution in [0.15, 0.2) is 23.4 Å². The molecule has 5 heteroatoms. The number of pyridine rings is 1. The first-order chi connectivity index (χ1) is 7.75. The molecule has 0 radical (unpaired) electrons. The molecule has 1 aliphatic rings. The van der Waals surface area contributed by atoms with Crippen molar-refractivity contribution in [1.82, 2.24) is 4.98 Å². The molecule has 1 atom stereocenters. The molecule has 86 valence electrons. The van der Waals surface area contributed by atoms with Gasteiger partial charge in [-0.2, -0.15) is 0 Å². The molecule has 1 saturated heterocycles. The van der Waals surface area contributed by atoms with Gasteiger partial charge in [0.05, 0.1) is 17.2 Å². The van der Waals surface area contributed by atoms with Crippen LogP contribution in [0.25, 0.3) is 0 Å². The Morgan fingerprint density at radius 1 is 1.69 bits per heavy atom. The average molecular weight is 239 g/mol. The summed E-state index contributed by atoms with van der Waals surface area (Å²) in [6, 6.07) is 3.12. The van der Waals surface area contributed by atoms with Gasteiger partial charge >= 0.3 is 5.97 Å². The van der Waals surface area contributed by atoms with Crippen molar-refractivity contribution >= 4 is 17.7 Å². The standard InChI is InChI=1S/C11H13NO3S/c13-11(14)9-1-3-12-10(5-9)16-7-8-2-4-15-6-8/h1,3,5,8H,2,4,6-7H2,(H,13,14). The van der Waals surface area contributed by atoms with Crippen molar-refractivity contribution in [2.24, 2.45) is 5.92 Å². The monoisotopic (exact) mass is 239 g/mol. The van der Waals surface area contributed by atoms with E-state index < -0.39 is 5.97 Å². The predicted molar refractivity (Wildman–Crippen MR) is 60.8 cm³/mol. The lowest BCUT2D eigenvalue weighted by atomic mass is 10.2. The van der Waals surface area contributed by atoms with Gasteiger partial charge in [-0.05, 0) is 24.5 Å². The van der Waals surface area contributed by atoms with E-state index in [1.807, 2.05) is 0 Å². The molecule has 1 aromatic heterocycles. The van der Waals surface area contributed by atoms with Gasteiger partial charge in [-0.3, -0.25) is 0 Å². The van der Waals surface area contributed by atoms with E-state index in [4.69, 9.17) is 9.84 Å². The van der Waals surface area contributed by atoms with E-state index >= 15 is 0 Å². The Morgan fingerprint density at radius 2 is 2.56 bits per heavy atom. The Balaban J connectivity index is 1.93. The first-order valence-electron chi connectivity index (χ1n) is 5.15. The second kappa shape index (κ2) is 5.32. The van der Waals surface area contributed by atoms with Gasteiger partial charge in [0.25, 0.3) is 0 Å². The minimum absolute atomic E-state index is 0.292. The zero-order chi connectivity index (χ0) is 11.4. The van der Waals surface area contributed by atoms with Gasteiger partial charge in [-0.25, -0.2) is 9.78 Å². The summed E-state index contributed by atoms with van der Waals surface area (Å²) >= 11 is 1.59. The quantitative estimate of drug-likeness (QED) is 0.813. The van der Waals surface area contributed by atoms with Crippen LogP contribution in [0.5, 0.6) is 0 Å². The molecule has 0 saturated carbocycles. The average Bonchev–Trinajstić information content (AvgIpc) is 2.79. The van der Waals surface area contributed by atoms with Crippen LogP contribution in [0, 0.1) is 5.92 Å². The van der Waals surface area contributed by atoms with Gasteiger partial charge in [0.2, 0.25) is 0 Å². The van der Waals surface area contributed by atoms with Gasteiger partial charge in [0.1, 0.15) is 0 Å². The van der Waals surface area contributed by atoms with Crippen molar-refractivity contribution in [3.8, 4) is 0 Å². The number of aromatic nitrogens is 1. The fourth-order valence-electron chi connectivity index (χ4n) is 1.54. The number of hydrogen-bond acceptors (Lipinski definition) is 4. The van der Waals surface area contributed by atoms with Gasteiger partial charge in [0, 0.05) is 18.6 Å². The molecule has 0 aliphatic carbocycles. The number of thioether (sulfide) groups is 1. The number of nitrogens with zero attached hydrogens (tertiary/aromatic N) is 1. The first-order valence-corrected chi connectivity index (χ1v) is 6.14. The molecule has 0 bridgehead atoms. The second-order valence-corrected chi connectivity index (χ2v) is 4.77. The molecule has 2 rings (SSSR count). The lowest BCUT2D eigenvalue weighted by Crippen LogP contribution is -2.03. The molecule has 2 heterocycles. The minimum Gasteiger partial charge on any atom is -0.478 e. The Bertz CT molecular complexity index is 377. The molecule has 16 heavy (non-hydrogen) atoms. The van der Waals surface area contributed by atoms with E-state index in [0.717, 1.165) is 30.4 Å². The maximum absolute atomic E-state index is 10.8. The molecule has 0 amide bonds. The van der Waals surface area contributed by atoms with E-state index in [2.05, 4.69) is 4.98 Å². The van der Waals surface area contributed by atoms with Gasteiger partial charge < -0.3 is 9.84 Å². The van der Waals surface area contributed by atoms with Crippen LogP contribution in [0.4, 0.5) is 0 Å². The number of aromatic carboxylic acids is 1. The summed E-state index contributed by atoms with van der Waals surface area (Å²) < 4.78 is 5.28. The Morgan fingerprint density at radius 3 is 3.25 bits per heavy atom. The number of carboxylic acid groups (broad SMARTS) is 1. The van der Waals surface area contributed by atoms with Crippen molar-refractivity contribution in [3.63, 3.8) is 0 Å². The molecular weight excluding hydrogens is 226 g/mol. The summed E-state index contributed by atoms with van der Waals surface area (Å²) in [4.78, 5) is 14.9. The molecule has 1 fully saturated rings.